The molecule has 0 radical (unpaired) electrons. The van der Waals surface area contributed by atoms with Crippen molar-refractivity contribution in [2.45, 2.75) is 18.7 Å². The Morgan fingerprint density at radius 1 is 1.00 bits per heavy atom. The van der Waals surface area contributed by atoms with E-state index >= 15 is 0 Å². The summed E-state index contributed by atoms with van der Waals surface area (Å²) in [6.07, 6.45) is 0. The van der Waals surface area contributed by atoms with Crippen LogP contribution in [0.5, 0.6) is 11.5 Å². The normalized spacial score (nSPS) is 11.2. The van der Waals surface area contributed by atoms with Gasteiger partial charge in [0.15, 0.2) is 0 Å². The molecule has 8 nitrogen and oxygen atoms in total. The van der Waals surface area contributed by atoms with Gasteiger partial charge in [-0.2, -0.15) is 0 Å². The topological polar surface area (TPSA) is 98.9 Å². The zero-order valence-corrected chi connectivity index (χ0v) is 17.2. The molecule has 2 aromatic carbocycles. The summed E-state index contributed by atoms with van der Waals surface area (Å²) in [6, 6.07) is 12.3. The first kappa shape index (κ1) is 20.4. The van der Waals surface area contributed by atoms with Crippen LogP contribution in [-0.2, 0) is 10.0 Å². The molecule has 0 fully saturated rings. The summed E-state index contributed by atoms with van der Waals surface area (Å²) in [6.45, 7) is 3.27. The van der Waals surface area contributed by atoms with Crippen molar-refractivity contribution in [2.75, 3.05) is 18.5 Å². The molecule has 1 heterocycles. The zero-order chi connectivity index (χ0) is 21.2. The number of rotatable bonds is 6. The number of methoxy groups -OCH3 is 1. The van der Waals surface area contributed by atoms with Crippen LogP contribution in [-0.4, -0.2) is 33.7 Å². The van der Waals surface area contributed by atoms with Gasteiger partial charge in [-0.15, -0.1) is 0 Å². The van der Waals surface area contributed by atoms with Crippen molar-refractivity contribution >= 4 is 21.7 Å². The third-order valence-corrected chi connectivity index (χ3v) is 6.17. The number of benzene rings is 2. The summed E-state index contributed by atoms with van der Waals surface area (Å²) >= 11 is 0. The van der Waals surface area contributed by atoms with Gasteiger partial charge in [0.25, 0.3) is 10.0 Å². The van der Waals surface area contributed by atoms with Gasteiger partial charge in [-0.25, -0.2) is 13.2 Å². The van der Waals surface area contributed by atoms with Crippen molar-refractivity contribution in [3.63, 3.8) is 0 Å². The number of carbonyl (C=O) groups is 1. The lowest BCUT2D eigenvalue weighted by atomic mass is 10.2. The first-order valence-corrected chi connectivity index (χ1v) is 10.1. The molecule has 0 atom stereocenters. The molecular formula is C20H20N2O6S. The van der Waals surface area contributed by atoms with Crippen LogP contribution >= 0.6 is 0 Å². The van der Waals surface area contributed by atoms with Crippen LogP contribution in [0.4, 0.5) is 5.69 Å². The molecule has 0 N–H and O–H groups in total. The highest BCUT2D eigenvalue weighted by atomic mass is 32.2. The molecule has 0 bridgehead atoms. The monoisotopic (exact) mass is 416 g/mol. The van der Waals surface area contributed by atoms with E-state index in [0.717, 1.165) is 4.31 Å². The average molecular weight is 416 g/mol. The lowest BCUT2D eigenvalue weighted by Crippen LogP contribution is -2.26. The SMILES string of the molecule is COc1ccc(S(=O)(=O)N(C)c2ccc(OC(=O)c3c(C)noc3C)cc2)cc1. The zero-order valence-electron chi connectivity index (χ0n) is 16.4. The highest BCUT2D eigenvalue weighted by molar-refractivity contribution is 7.92. The molecule has 3 rings (SSSR count). The maximum atomic E-state index is 12.8. The Kier molecular flexibility index (Phi) is 5.60. The number of ether oxygens (including phenoxy) is 2. The van der Waals surface area contributed by atoms with Crippen LogP contribution in [0.3, 0.4) is 0 Å². The van der Waals surface area contributed by atoms with Crippen molar-refractivity contribution in [1.29, 1.82) is 0 Å². The van der Waals surface area contributed by atoms with Crippen molar-refractivity contribution < 1.29 is 27.2 Å². The number of aryl methyl sites for hydroxylation is 2. The first-order chi connectivity index (χ1) is 13.7. The Balaban J connectivity index is 1.77. The number of hydrogen-bond donors (Lipinski definition) is 0. The van der Waals surface area contributed by atoms with Crippen LogP contribution in [0.2, 0.25) is 0 Å². The summed E-state index contributed by atoms with van der Waals surface area (Å²) in [4.78, 5) is 12.4. The van der Waals surface area contributed by atoms with E-state index < -0.39 is 16.0 Å². The number of hydrogen-bond acceptors (Lipinski definition) is 7. The van der Waals surface area contributed by atoms with E-state index in [-0.39, 0.29) is 16.2 Å². The average Bonchev–Trinajstić information content (AvgIpc) is 3.06. The molecule has 9 heteroatoms. The smallest absolute Gasteiger partial charge is 0.349 e. The van der Waals surface area contributed by atoms with E-state index in [9.17, 15) is 13.2 Å². The van der Waals surface area contributed by atoms with Crippen molar-refractivity contribution in [3.05, 3.63) is 65.5 Å². The number of carbonyl (C=O) groups excluding carboxylic acids is 1. The first-order valence-electron chi connectivity index (χ1n) is 8.62. The second-order valence-corrected chi connectivity index (χ2v) is 8.20. The largest absolute Gasteiger partial charge is 0.497 e. The Morgan fingerprint density at radius 2 is 1.59 bits per heavy atom. The summed E-state index contributed by atoms with van der Waals surface area (Å²) in [5.41, 5.74) is 1.13. The Hall–Kier alpha value is -3.33. The summed E-state index contributed by atoms with van der Waals surface area (Å²) < 4.78 is 42.1. The predicted octanol–water partition coefficient (Wildman–Crippen LogP) is 3.34. The van der Waals surface area contributed by atoms with Crippen molar-refractivity contribution in [3.8, 4) is 11.5 Å². The van der Waals surface area contributed by atoms with Crippen LogP contribution in [0, 0.1) is 13.8 Å². The molecule has 0 saturated carbocycles. The second kappa shape index (κ2) is 7.96. The fraction of sp³-hybridized carbons (Fsp3) is 0.200. The predicted molar refractivity (Wildman–Crippen MR) is 106 cm³/mol. The maximum Gasteiger partial charge on any atom is 0.349 e. The highest BCUT2D eigenvalue weighted by Gasteiger charge is 2.22. The van der Waals surface area contributed by atoms with Gasteiger partial charge in [-0.05, 0) is 62.4 Å². The van der Waals surface area contributed by atoms with Crippen molar-refractivity contribution in [2.24, 2.45) is 0 Å². The molecule has 0 amide bonds. The number of esters is 1. The van der Waals surface area contributed by atoms with Gasteiger partial charge >= 0.3 is 5.97 Å². The molecule has 152 valence electrons. The third-order valence-electron chi connectivity index (χ3n) is 4.37. The van der Waals surface area contributed by atoms with Gasteiger partial charge < -0.3 is 14.0 Å². The molecule has 0 spiro atoms. The van der Waals surface area contributed by atoms with Gasteiger partial charge in [0.2, 0.25) is 0 Å². The molecule has 0 aliphatic carbocycles. The quantitative estimate of drug-likeness (QED) is 0.449. The molecule has 1 aromatic heterocycles. The van der Waals surface area contributed by atoms with Gasteiger partial charge in [-0.3, -0.25) is 4.31 Å². The highest BCUT2D eigenvalue weighted by Crippen LogP contribution is 2.26. The fourth-order valence-corrected chi connectivity index (χ4v) is 3.90. The van der Waals surface area contributed by atoms with Crippen LogP contribution < -0.4 is 13.8 Å². The fourth-order valence-electron chi connectivity index (χ4n) is 2.70. The van der Waals surface area contributed by atoms with E-state index in [4.69, 9.17) is 14.0 Å². The molecular weight excluding hydrogens is 396 g/mol. The maximum absolute atomic E-state index is 12.8. The van der Waals surface area contributed by atoms with Crippen LogP contribution in [0.25, 0.3) is 0 Å². The van der Waals surface area contributed by atoms with E-state index in [1.54, 1.807) is 38.1 Å². The van der Waals surface area contributed by atoms with E-state index in [1.165, 1.54) is 38.4 Å². The summed E-state index contributed by atoms with van der Waals surface area (Å²) in [5, 5.41) is 3.73. The molecule has 0 unspecified atom stereocenters. The van der Waals surface area contributed by atoms with Gasteiger partial charge in [0.1, 0.15) is 22.8 Å². The minimum Gasteiger partial charge on any atom is -0.497 e. The van der Waals surface area contributed by atoms with Crippen LogP contribution in [0.15, 0.2) is 57.9 Å². The Morgan fingerprint density at radius 3 is 2.10 bits per heavy atom. The lowest BCUT2D eigenvalue weighted by Gasteiger charge is -2.20. The number of aromatic nitrogens is 1. The van der Waals surface area contributed by atoms with Gasteiger partial charge in [-0.1, -0.05) is 5.16 Å². The molecule has 0 saturated heterocycles. The van der Waals surface area contributed by atoms with E-state index in [2.05, 4.69) is 5.16 Å². The van der Waals surface area contributed by atoms with Crippen LogP contribution in [0.1, 0.15) is 21.8 Å². The standard InChI is InChI=1S/C20H20N2O6S/c1-13-19(14(2)28-21-13)20(23)27-17-7-5-15(6-8-17)22(3)29(24,25)18-11-9-16(26-4)10-12-18/h5-12H,1-4H3. The second-order valence-electron chi connectivity index (χ2n) is 6.23. The van der Waals surface area contributed by atoms with Crippen molar-refractivity contribution in [1.82, 2.24) is 5.16 Å². The molecule has 0 aliphatic heterocycles. The van der Waals surface area contributed by atoms with E-state index in [0.29, 0.717) is 22.9 Å². The lowest BCUT2D eigenvalue weighted by molar-refractivity contribution is 0.0732. The minimum atomic E-state index is -3.75. The summed E-state index contributed by atoms with van der Waals surface area (Å²) in [7, 11) is -0.792. The van der Waals surface area contributed by atoms with E-state index in [1.807, 2.05) is 0 Å². The van der Waals surface area contributed by atoms with Gasteiger partial charge in [0.05, 0.1) is 23.4 Å². The summed E-state index contributed by atoms with van der Waals surface area (Å²) in [5.74, 6) is 0.618. The Bertz CT molecular complexity index is 1100. The minimum absolute atomic E-state index is 0.134. The molecule has 3 aromatic rings. The Labute approximate surface area is 168 Å². The third kappa shape index (κ3) is 4.09. The van der Waals surface area contributed by atoms with Gasteiger partial charge in [0, 0.05) is 7.05 Å². The number of anilines is 1. The number of sulfonamides is 1. The molecule has 29 heavy (non-hydrogen) atoms. The number of nitrogens with zero attached hydrogens (tertiary/aromatic N) is 2. The molecule has 0 aliphatic rings.